The summed E-state index contributed by atoms with van der Waals surface area (Å²) in [6.45, 7) is 3.46. The van der Waals surface area contributed by atoms with Gasteiger partial charge in [0, 0.05) is 31.7 Å². The second-order valence-electron chi connectivity index (χ2n) is 7.93. The molecule has 1 aliphatic carbocycles. The summed E-state index contributed by atoms with van der Waals surface area (Å²) in [4.78, 5) is 32.8. The molecule has 2 aliphatic rings. The van der Waals surface area contributed by atoms with E-state index in [1.54, 1.807) is 11.9 Å². The average Bonchev–Trinajstić information content (AvgIpc) is 2.76. The van der Waals surface area contributed by atoms with E-state index in [0.29, 0.717) is 24.0 Å². The number of nitrogens with zero attached hydrogens (tertiary/aromatic N) is 3. The molecule has 0 bridgehead atoms. The summed E-state index contributed by atoms with van der Waals surface area (Å²) >= 11 is 0. The number of ether oxygens (including phenoxy) is 1. The highest BCUT2D eigenvalue weighted by molar-refractivity contribution is 5.89. The third kappa shape index (κ3) is 5.23. The Morgan fingerprint density at radius 2 is 2.07 bits per heavy atom. The van der Waals surface area contributed by atoms with Crippen LogP contribution in [0.4, 0.5) is 5.69 Å². The van der Waals surface area contributed by atoms with E-state index in [1.807, 2.05) is 23.1 Å². The molecular formula is C22H33N5O3. The molecular weight excluding hydrogens is 382 g/mol. The Balaban J connectivity index is 1.68. The molecule has 8 nitrogen and oxygen atoms in total. The first kappa shape index (κ1) is 21.9. The number of carbonyl (C=O) groups is 2. The maximum absolute atomic E-state index is 12.9. The highest BCUT2D eigenvalue weighted by Gasteiger charge is 2.26. The van der Waals surface area contributed by atoms with Crippen molar-refractivity contribution in [2.24, 2.45) is 10.7 Å². The van der Waals surface area contributed by atoms with E-state index in [9.17, 15) is 9.59 Å². The van der Waals surface area contributed by atoms with Crippen LogP contribution in [0, 0.1) is 0 Å². The van der Waals surface area contributed by atoms with Gasteiger partial charge in [-0.15, -0.1) is 0 Å². The van der Waals surface area contributed by atoms with Gasteiger partial charge in [0.1, 0.15) is 11.4 Å². The summed E-state index contributed by atoms with van der Waals surface area (Å²) < 4.78 is 5.92. The van der Waals surface area contributed by atoms with Gasteiger partial charge in [-0.3, -0.25) is 9.59 Å². The topological polar surface area (TPSA) is 100 Å². The van der Waals surface area contributed by atoms with Crippen LogP contribution in [-0.4, -0.2) is 60.4 Å². The molecule has 3 N–H and O–H groups in total. The minimum atomic E-state index is -0.131. The molecule has 1 saturated carbocycles. The molecule has 0 aromatic heterocycles. The Labute approximate surface area is 178 Å². The van der Waals surface area contributed by atoms with Crippen LogP contribution < -0.4 is 15.8 Å². The fourth-order valence-electron chi connectivity index (χ4n) is 4.17. The lowest BCUT2D eigenvalue weighted by molar-refractivity contribution is -0.136. The number of rotatable bonds is 8. The molecule has 1 aromatic carbocycles. The van der Waals surface area contributed by atoms with Gasteiger partial charge in [-0.05, 0) is 25.3 Å². The van der Waals surface area contributed by atoms with E-state index in [-0.39, 0.29) is 30.9 Å². The van der Waals surface area contributed by atoms with Crippen molar-refractivity contribution in [1.29, 1.82) is 0 Å². The predicted octanol–water partition coefficient (Wildman–Crippen LogP) is 2.14. The van der Waals surface area contributed by atoms with Crippen LogP contribution >= 0.6 is 0 Å². The molecule has 0 radical (unpaired) electrons. The number of hydrogen-bond acceptors (Lipinski definition) is 6. The van der Waals surface area contributed by atoms with Gasteiger partial charge in [-0.25, -0.2) is 4.99 Å². The number of carbonyl (C=O) groups excluding carboxylic acids is 2. The van der Waals surface area contributed by atoms with Crippen molar-refractivity contribution >= 4 is 23.5 Å². The van der Waals surface area contributed by atoms with Crippen molar-refractivity contribution in [2.75, 3.05) is 26.7 Å². The fraction of sp³-hybridized carbons (Fsp3) is 0.591. The van der Waals surface area contributed by atoms with Gasteiger partial charge < -0.3 is 25.6 Å². The summed E-state index contributed by atoms with van der Waals surface area (Å²) in [5.41, 5.74) is 7.62. The van der Waals surface area contributed by atoms with E-state index < -0.39 is 0 Å². The normalized spacial score (nSPS) is 16.5. The highest BCUT2D eigenvalue weighted by Crippen LogP contribution is 2.35. The van der Waals surface area contributed by atoms with Gasteiger partial charge in [0.15, 0.2) is 12.6 Å². The average molecular weight is 416 g/mol. The maximum Gasteiger partial charge on any atom is 0.260 e. The number of amides is 2. The van der Waals surface area contributed by atoms with E-state index in [0.717, 1.165) is 31.4 Å². The Morgan fingerprint density at radius 3 is 2.77 bits per heavy atom. The Kier molecular flexibility index (Phi) is 7.54. The van der Waals surface area contributed by atoms with E-state index in [2.05, 4.69) is 17.2 Å². The SMILES string of the molecule is CCCN(C(=O)COc1cccc2c1N=C(N)N(CC(=O)NC)C2)C1CCCCC1. The number of hydrogen-bond donors (Lipinski definition) is 2. The number of likely N-dealkylation sites (N-methyl/N-ethyl adjacent to an activating group) is 1. The standard InChI is InChI=1S/C22H33N5O3/c1-3-12-27(17-9-5-4-6-10-17)20(29)15-30-18-11-7-8-16-13-26(14-19(28)24-2)22(23)25-21(16)18/h7-8,11,17H,3-6,9-10,12-15H2,1-2H3,(H2,23,25)(H,24,28). The van der Waals surface area contributed by atoms with Gasteiger partial charge in [0.25, 0.3) is 5.91 Å². The summed E-state index contributed by atoms with van der Waals surface area (Å²) in [6, 6.07) is 5.94. The van der Waals surface area contributed by atoms with Gasteiger partial charge >= 0.3 is 0 Å². The number of guanidine groups is 1. The molecule has 1 fully saturated rings. The molecule has 30 heavy (non-hydrogen) atoms. The zero-order chi connectivity index (χ0) is 21.5. The van der Waals surface area contributed by atoms with Crippen LogP contribution in [0.25, 0.3) is 0 Å². The number of aliphatic imine (C=N–C) groups is 1. The summed E-state index contributed by atoms with van der Waals surface area (Å²) in [5, 5.41) is 2.59. The zero-order valence-corrected chi connectivity index (χ0v) is 18.0. The van der Waals surface area contributed by atoms with Gasteiger partial charge in [-0.2, -0.15) is 0 Å². The van der Waals surface area contributed by atoms with Crippen LogP contribution in [0.15, 0.2) is 23.2 Å². The van der Waals surface area contributed by atoms with Gasteiger partial charge in [-0.1, -0.05) is 38.3 Å². The third-order valence-corrected chi connectivity index (χ3v) is 5.76. The first-order chi connectivity index (χ1) is 14.5. The van der Waals surface area contributed by atoms with Crippen molar-refractivity contribution in [3.63, 3.8) is 0 Å². The first-order valence-electron chi connectivity index (χ1n) is 10.9. The lowest BCUT2D eigenvalue weighted by Gasteiger charge is -2.34. The quantitative estimate of drug-likeness (QED) is 0.678. The molecule has 8 heteroatoms. The lowest BCUT2D eigenvalue weighted by atomic mass is 9.94. The molecule has 0 saturated heterocycles. The van der Waals surface area contributed by atoms with Crippen LogP contribution in [0.1, 0.15) is 51.0 Å². The Hall–Kier alpha value is -2.77. The molecule has 3 rings (SSSR count). The summed E-state index contributed by atoms with van der Waals surface area (Å²) in [6.07, 6.45) is 6.72. The van der Waals surface area contributed by atoms with E-state index >= 15 is 0 Å². The zero-order valence-electron chi connectivity index (χ0n) is 18.0. The molecule has 0 unspecified atom stereocenters. The van der Waals surface area contributed by atoms with E-state index in [1.165, 1.54) is 19.3 Å². The van der Waals surface area contributed by atoms with Gasteiger partial charge in [0.05, 0.1) is 6.54 Å². The van der Waals surface area contributed by atoms with Crippen LogP contribution in [0.5, 0.6) is 5.75 Å². The van der Waals surface area contributed by atoms with Crippen LogP contribution in [0.2, 0.25) is 0 Å². The molecule has 1 aliphatic heterocycles. The maximum atomic E-state index is 12.9. The lowest BCUT2D eigenvalue weighted by Crippen LogP contribution is -2.44. The van der Waals surface area contributed by atoms with Crippen molar-refractivity contribution in [3.8, 4) is 5.75 Å². The molecule has 0 atom stereocenters. The number of nitrogens with two attached hydrogens (primary N) is 1. The Bertz CT molecular complexity index is 789. The second-order valence-corrected chi connectivity index (χ2v) is 7.93. The van der Waals surface area contributed by atoms with Crippen molar-refractivity contribution in [3.05, 3.63) is 23.8 Å². The minimum Gasteiger partial charge on any atom is -0.481 e. The number of nitrogens with one attached hydrogen (secondary N) is 1. The smallest absolute Gasteiger partial charge is 0.260 e. The molecule has 1 aromatic rings. The fourth-order valence-corrected chi connectivity index (χ4v) is 4.17. The minimum absolute atomic E-state index is 0.00959. The predicted molar refractivity (Wildman–Crippen MR) is 117 cm³/mol. The highest BCUT2D eigenvalue weighted by atomic mass is 16.5. The van der Waals surface area contributed by atoms with Gasteiger partial charge in [0.2, 0.25) is 5.91 Å². The number of benzene rings is 1. The number of fused-ring (bicyclic) bond motifs is 1. The summed E-state index contributed by atoms with van der Waals surface area (Å²) in [7, 11) is 1.59. The second kappa shape index (κ2) is 10.3. The first-order valence-corrected chi connectivity index (χ1v) is 10.9. The van der Waals surface area contributed by atoms with Crippen LogP contribution in [-0.2, 0) is 16.1 Å². The molecule has 0 spiro atoms. The van der Waals surface area contributed by atoms with Crippen molar-refractivity contribution in [1.82, 2.24) is 15.1 Å². The number of para-hydroxylation sites is 1. The summed E-state index contributed by atoms with van der Waals surface area (Å²) in [5.74, 6) is 0.704. The largest absolute Gasteiger partial charge is 0.481 e. The molecule has 164 valence electrons. The van der Waals surface area contributed by atoms with E-state index in [4.69, 9.17) is 10.5 Å². The Morgan fingerprint density at radius 1 is 1.30 bits per heavy atom. The van der Waals surface area contributed by atoms with Crippen LogP contribution in [0.3, 0.4) is 0 Å². The molecule has 2 amide bonds. The van der Waals surface area contributed by atoms with Crippen molar-refractivity contribution in [2.45, 2.75) is 58.0 Å². The third-order valence-electron chi connectivity index (χ3n) is 5.76. The molecule has 1 heterocycles. The van der Waals surface area contributed by atoms with Crippen molar-refractivity contribution < 1.29 is 14.3 Å². The monoisotopic (exact) mass is 415 g/mol.